The van der Waals surface area contributed by atoms with Gasteiger partial charge in [0.15, 0.2) is 12.1 Å². The lowest BCUT2D eigenvalue weighted by molar-refractivity contribution is -0.297. The van der Waals surface area contributed by atoms with Crippen molar-refractivity contribution in [2.24, 2.45) is 22.7 Å². The summed E-state index contributed by atoms with van der Waals surface area (Å²) in [5, 5.41) is 11.1. The molecule has 2 saturated heterocycles. The molecule has 0 bridgehead atoms. The van der Waals surface area contributed by atoms with Crippen LogP contribution >= 0.6 is 0 Å². The van der Waals surface area contributed by atoms with E-state index < -0.39 is 29.9 Å². The fraction of sp³-hybridized carbons (Fsp3) is 0.862. The SMILES string of the molecule is C=C[C@@](C)(CC[C@H]1C(C)=CC[C@H]2C(C)(C)CCC[C@]12C)O[C@@H]1O[C@@H](C)[C@@H]2OC(C)(C)O[C@H]2[C@H]1O. The third-order valence-electron chi connectivity index (χ3n) is 9.63. The van der Waals surface area contributed by atoms with Gasteiger partial charge in [-0.3, -0.25) is 0 Å². The third-order valence-corrected chi connectivity index (χ3v) is 9.63. The number of hydrogen-bond acceptors (Lipinski definition) is 5. The smallest absolute Gasteiger partial charge is 0.187 e. The number of aliphatic hydroxyl groups is 1. The molecule has 2 aliphatic heterocycles. The van der Waals surface area contributed by atoms with Crippen LogP contribution in [0.5, 0.6) is 0 Å². The summed E-state index contributed by atoms with van der Waals surface area (Å²) in [6.07, 6.45) is 8.64. The Kier molecular flexibility index (Phi) is 6.96. The highest BCUT2D eigenvalue weighted by atomic mass is 16.8. The fourth-order valence-electron chi connectivity index (χ4n) is 7.67. The van der Waals surface area contributed by atoms with Crippen LogP contribution in [0, 0.1) is 22.7 Å². The van der Waals surface area contributed by atoms with Crippen molar-refractivity contribution in [3.8, 4) is 0 Å². The third kappa shape index (κ3) is 4.68. The van der Waals surface area contributed by atoms with Crippen molar-refractivity contribution in [3.63, 3.8) is 0 Å². The lowest BCUT2D eigenvalue weighted by Gasteiger charge is -2.57. The quantitative estimate of drug-likeness (QED) is 0.466. The van der Waals surface area contributed by atoms with E-state index in [9.17, 15) is 5.11 Å². The zero-order valence-electron chi connectivity index (χ0n) is 22.7. The average molecular weight is 477 g/mol. The molecule has 0 radical (unpaired) electrons. The second-order valence-corrected chi connectivity index (χ2v) is 13.1. The van der Waals surface area contributed by atoms with Gasteiger partial charge >= 0.3 is 0 Å². The summed E-state index contributed by atoms with van der Waals surface area (Å²) in [4.78, 5) is 0. The van der Waals surface area contributed by atoms with E-state index >= 15 is 0 Å². The molecule has 0 unspecified atom stereocenters. The summed E-state index contributed by atoms with van der Waals surface area (Å²) in [5.74, 6) is 0.499. The van der Waals surface area contributed by atoms with Crippen LogP contribution in [0.2, 0.25) is 0 Å². The van der Waals surface area contributed by atoms with E-state index in [1.54, 1.807) is 0 Å². The fourth-order valence-corrected chi connectivity index (χ4v) is 7.67. The van der Waals surface area contributed by atoms with Crippen LogP contribution in [0.25, 0.3) is 0 Å². The zero-order chi connectivity index (χ0) is 25.1. The van der Waals surface area contributed by atoms with Gasteiger partial charge in [0.25, 0.3) is 0 Å². The van der Waals surface area contributed by atoms with Crippen LogP contribution < -0.4 is 0 Å². The molecule has 194 valence electrons. The van der Waals surface area contributed by atoms with Crippen molar-refractivity contribution in [2.75, 3.05) is 0 Å². The van der Waals surface area contributed by atoms with Crippen LogP contribution in [0.4, 0.5) is 0 Å². The van der Waals surface area contributed by atoms with Crippen LogP contribution in [-0.2, 0) is 18.9 Å². The molecule has 4 rings (SSSR count). The Morgan fingerprint density at radius 1 is 1.18 bits per heavy atom. The Hall–Kier alpha value is -0.720. The van der Waals surface area contributed by atoms with Gasteiger partial charge < -0.3 is 24.1 Å². The maximum atomic E-state index is 11.1. The standard InChI is InChI=1S/C29H48O5/c1-10-28(8,34-25-22(30)24-23(19(3)31-25)32-27(6,7)33-24)17-14-20-18(2)12-13-21-26(4,5)15-11-16-29(20,21)9/h10,12,19-25,30H,1,11,13-17H2,2-9H3/t19-,20-,21-,22+,23-,24-,25-,28-,29+/m0/s1. The Labute approximate surface area is 207 Å². The predicted octanol–water partition coefficient (Wildman–Crippen LogP) is 6.15. The maximum Gasteiger partial charge on any atom is 0.187 e. The van der Waals surface area contributed by atoms with Crippen molar-refractivity contribution < 1.29 is 24.1 Å². The van der Waals surface area contributed by atoms with Gasteiger partial charge in [0, 0.05) is 0 Å². The average Bonchev–Trinajstić information content (AvgIpc) is 3.07. The van der Waals surface area contributed by atoms with Crippen LogP contribution in [0.15, 0.2) is 24.3 Å². The molecular formula is C29H48O5. The van der Waals surface area contributed by atoms with Gasteiger partial charge in [0.05, 0.1) is 11.7 Å². The molecule has 5 heteroatoms. The Morgan fingerprint density at radius 2 is 1.85 bits per heavy atom. The summed E-state index contributed by atoms with van der Waals surface area (Å²) >= 11 is 0. The molecule has 0 aromatic rings. The molecular weight excluding hydrogens is 428 g/mol. The molecule has 5 nitrogen and oxygen atoms in total. The highest BCUT2D eigenvalue weighted by Gasteiger charge is 2.55. The van der Waals surface area contributed by atoms with Crippen LogP contribution in [0.1, 0.15) is 93.9 Å². The first-order chi connectivity index (χ1) is 15.7. The first kappa shape index (κ1) is 26.3. The molecule has 0 spiro atoms. The number of fused-ring (bicyclic) bond motifs is 2. The lowest BCUT2D eigenvalue weighted by atomic mass is 9.48. The number of allylic oxidation sites excluding steroid dienone is 2. The molecule has 34 heavy (non-hydrogen) atoms. The van der Waals surface area contributed by atoms with Crippen LogP contribution in [-0.4, -0.2) is 47.2 Å². The largest absolute Gasteiger partial charge is 0.385 e. The topological polar surface area (TPSA) is 57.2 Å². The first-order valence-electron chi connectivity index (χ1n) is 13.4. The molecule has 2 heterocycles. The minimum Gasteiger partial charge on any atom is -0.385 e. The molecule has 2 aliphatic carbocycles. The lowest BCUT2D eigenvalue weighted by Crippen LogP contribution is -2.57. The summed E-state index contributed by atoms with van der Waals surface area (Å²) in [5.41, 5.74) is 1.60. The summed E-state index contributed by atoms with van der Waals surface area (Å²) in [6, 6.07) is 0. The molecule has 0 aromatic heterocycles. The van der Waals surface area contributed by atoms with Gasteiger partial charge in [-0.2, -0.15) is 0 Å². The van der Waals surface area contributed by atoms with E-state index in [0.29, 0.717) is 22.7 Å². The van der Waals surface area contributed by atoms with Gasteiger partial charge in [-0.15, -0.1) is 6.58 Å². The highest BCUT2D eigenvalue weighted by molar-refractivity contribution is 5.18. The normalized spacial score (nSPS) is 45.0. The van der Waals surface area contributed by atoms with Gasteiger partial charge in [0.1, 0.15) is 18.3 Å². The first-order valence-corrected chi connectivity index (χ1v) is 13.4. The number of ether oxygens (including phenoxy) is 4. The van der Waals surface area contributed by atoms with Gasteiger partial charge in [-0.05, 0) is 89.4 Å². The van der Waals surface area contributed by atoms with Crippen molar-refractivity contribution in [1.82, 2.24) is 0 Å². The van der Waals surface area contributed by atoms with Crippen molar-refractivity contribution in [1.29, 1.82) is 0 Å². The van der Waals surface area contributed by atoms with E-state index in [4.69, 9.17) is 18.9 Å². The van der Waals surface area contributed by atoms with E-state index in [2.05, 4.69) is 47.3 Å². The van der Waals surface area contributed by atoms with E-state index in [1.807, 2.05) is 26.8 Å². The van der Waals surface area contributed by atoms with Crippen molar-refractivity contribution in [2.45, 2.75) is 136 Å². The predicted molar refractivity (Wildman–Crippen MR) is 134 cm³/mol. The molecule has 0 amide bonds. The van der Waals surface area contributed by atoms with Crippen LogP contribution in [0.3, 0.4) is 0 Å². The Morgan fingerprint density at radius 3 is 2.53 bits per heavy atom. The zero-order valence-corrected chi connectivity index (χ0v) is 22.7. The monoisotopic (exact) mass is 476 g/mol. The number of aliphatic hydroxyl groups excluding tert-OH is 1. The van der Waals surface area contributed by atoms with Gasteiger partial charge in [-0.25, -0.2) is 0 Å². The minimum absolute atomic E-state index is 0.234. The minimum atomic E-state index is -0.917. The molecule has 9 atom stereocenters. The summed E-state index contributed by atoms with van der Waals surface area (Å²) in [6.45, 7) is 21.6. The van der Waals surface area contributed by atoms with Gasteiger partial charge in [-0.1, -0.05) is 44.9 Å². The van der Waals surface area contributed by atoms with E-state index in [1.165, 1.54) is 31.3 Å². The Bertz CT molecular complexity index is 802. The number of rotatable bonds is 6. The second-order valence-electron chi connectivity index (χ2n) is 13.1. The molecule has 3 fully saturated rings. The molecule has 1 N–H and O–H groups in total. The summed E-state index contributed by atoms with van der Waals surface area (Å²) < 4.78 is 24.6. The Balaban J connectivity index is 1.47. The van der Waals surface area contributed by atoms with Crippen molar-refractivity contribution >= 4 is 0 Å². The van der Waals surface area contributed by atoms with Crippen molar-refractivity contribution in [3.05, 3.63) is 24.3 Å². The second kappa shape index (κ2) is 8.99. The molecule has 0 aromatic carbocycles. The molecule has 1 saturated carbocycles. The maximum absolute atomic E-state index is 11.1. The highest BCUT2D eigenvalue weighted by Crippen LogP contribution is 2.60. The summed E-state index contributed by atoms with van der Waals surface area (Å²) in [7, 11) is 0. The van der Waals surface area contributed by atoms with E-state index in [0.717, 1.165) is 12.8 Å². The van der Waals surface area contributed by atoms with Gasteiger partial charge in [0.2, 0.25) is 0 Å². The molecule has 4 aliphatic rings. The number of hydrogen-bond donors (Lipinski definition) is 1. The van der Waals surface area contributed by atoms with E-state index in [-0.39, 0.29) is 12.2 Å².